The summed E-state index contributed by atoms with van der Waals surface area (Å²) in [7, 11) is 1.75. The maximum atomic E-state index is 13.0. The Hall–Kier alpha value is -3.44. The standard InChI is InChI=1S/C23H21N3O2/c1-25(18-12-6-3-7-13-18)21(27)16-26-20-15-9-8-14-19(20)24-23(26)22(28)17-10-4-2-5-11-17/h2-15,22,28H,16H2,1H3. The van der Waals surface area contributed by atoms with E-state index in [1.807, 2.05) is 84.9 Å². The van der Waals surface area contributed by atoms with Gasteiger partial charge in [-0.15, -0.1) is 0 Å². The minimum absolute atomic E-state index is 0.0872. The van der Waals surface area contributed by atoms with Crippen molar-refractivity contribution in [2.24, 2.45) is 0 Å². The molecule has 0 aliphatic heterocycles. The molecule has 5 nitrogen and oxygen atoms in total. The van der Waals surface area contributed by atoms with Crippen LogP contribution in [-0.4, -0.2) is 27.6 Å². The molecule has 1 unspecified atom stereocenters. The molecule has 1 aromatic heterocycles. The van der Waals surface area contributed by atoms with Crippen molar-refractivity contribution in [1.82, 2.24) is 9.55 Å². The number of imidazole rings is 1. The summed E-state index contributed by atoms with van der Waals surface area (Å²) in [5.41, 5.74) is 3.13. The second-order valence-electron chi connectivity index (χ2n) is 6.65. The van der Waals surface area contributed by atoms with Gasteiger partial charge in [-0.25, -0.2) is 4.98 Å². The van der Waals surface area contributed by atoms with Crippen LogP contribution in [0.25, 0.3) is 11.0 Å². The average molecular weight is 371 g/mol. The summed E-state index contributed by atoms with van der Waals surface area (Å²) in [5.74, 6) is 0.373. The van der Waals surface area contributed by atoms with Gasteiger partial charge >= 0.3 is 0 Å². The Labute approximate surface area is 163 Å². The van der Waals surface area contributed by atoms with Crippen LogP contribution in [0.2, 0.25) is 0 Å². The number of hydrogen-bond donors (Lipinski definition) is 1. The smallest absolute Gasteiger partial charge is 0.246 e. The number of anilines is 1. The van der Waals surface area contributed by atoms with Crippen LogP contribution < -0.4 is 4.90 Å². The Kier molecular flexibility index (Phi) is 4.91. The van der Waals surface area contributed by atoms with E-state index >= 15 is 0 Å². The highest BCUT2D eigenvalue weighted by Crippen LogP contribution is 2.26. The maximum Gasteiger partial charge on any atom is 0.246 e. The number of amides is 1. The fourth-order valence-corrected chi connectivity index (χ4v) is 3.29. The van der Waals surface area contributed by atoms with E-state index in [0.717, 1.165) is 22.3 Å². The van der Waals surface area contributed by atoms with Crippen molar-refractivity contribution in [1.29, 1.82) is 0 Å². The van der Waals surface area contributed by atoms with Crippen molar-refractivity contribution in [2.75, 3.05) is 11.9 Å². The Morgan fingerprint density at radius 2 is 1.57 bits per heavy atom. The van der Waals surface area contributed by atoms with Crippen LogP contribution in [0.3, 0.4) is 0 Å². The fourth-order valence-electron chi connectivity index (χ4n) is 3.29. The molecule has 0 aliphatic carbocycles. The number of likely N-dealkylation sites (N-methyl/N-ethyl adjacent to an activating group) is 1. The number of fused-ring (bicyclic) bond motifs is 1. The summed E-state index contributed by atoms with van der Waals surface area (Å²) in [5, 5.41) is 10.9. The molecule has 0 bridgehead atoms. The maximum absolute atomic E-state index is 13.0. The topological polar surface area (TPSA) is 58.4 Å². The van der Waals surface area contributed by atoms with Gasteiger partial charge in [0, 0.05) is 12.7 Å². The lowest BCUT2D eigenvalue weighted by Crippen LogP contribution is -2.30. The monoisotopic (exact) mass is 371 g/mol. The van der Waals surface area contributed by atoms with Crippen LogP contribution in [0.15, 0.2) is 84.9 Å². The van der Waals surface area contributed by atoms with Gasteiger partial charge in [-0.05, 0) is 29.8 Å². The van der Waals surface area contributed by atoms with Crippen molar-refractivity contribution in [2.45, 2.75) is 12.6 Å². The summed E-state index contributed by atoms with van der Waals surface area (Å²) in [6.07, 6.45) is -0.913. The lowest BCUT2D eigenvalue weighted by Gasteiger charge is -2.20. The van der Waals surface area contributed by atoms with Crippen LogP contribution in [-0.2, 0) is 11.3 Å². The van der Waals surface area contributed by atoms with Crippen molar-refractivity contribution in [3.05, 3.63) is 96.3 Å². The summed E-state index contributed by atoms with van der Waals surface area (Å²) >= 11 is 0. The molecule has 4 aromatic rings. The van der Waals surface area contributed by atoms with E-state index in [2.05, 4.69) is 4.98 Å². The van der Waals surface area contributed by atoms with Gasteiger partial charge in [-0.2, -0.15) is 0 Å². The number of para-hydroxylation sites is 3. The SMILES string of the molecule is CN(C(=O)Cn1c(C(O)c2ccccc2)nc2ccccc21)c1ccccc1. The first-order valence-corrected chi connectivity index (χ1v) is 9.15. The Morgan fingerprint density at radius 1 is 0.964 bits per heavy atom. The lowest BCUT2D eigenvalue weighted by atomic mass is 10.1. The van der Waals surface area contributed by atoms with Crippen molar-refractivity contribution in [3.63, 3.8) is 0 Å². The number of aromatic nitrogens is 2. The number of rotatable bonds is 5. The van der Waals surface area contributed by atoms with Crippen LogP contribution in [0.4, 0.5) is 5.69 Å². The molecular formula is C23H21N3O2. The third-order valence-electron chi connectivity index (χ3n) is 4.85. The van der Waals surface area contributed by atoms with Crippen LogP contribution >= 0.6 is 0 Å². The molecule has 140 valence electrons. The predicted octanol–water partition coefficient (Wildman–Crippen LogP) is 3.78. The first-order valence-electron chi connectivity index (χ1n) is 9.15. The highest BCUT2D eigenvalue weighted by atomic mass is 16.3. The molecular weight excluding hydrogens is 350 g/mol. The van der Waals surface area contributed by atoms with E-state index in [1.165, 1.54) is 0 Å². The van der Waals surface area contributed by atoms with Gasteiger partial charge in [0.1, 0.15) is 18.5 Å². The van der Waals surface area contributed by atoms with Gasteiger partial charge in [-0.1, -0.05) is 60.7 Å². The van der Waals surface area contributed by atoms with E-state index in [-0.39, 0.29) is 12.5 Å². The average Bonchev–Trinajstić information content (AvgIpc) is 3.12. The molecule has 1 heterocycles. The molecule has 4 rings (SSSR count). The molecule has 0 aliphatic rings. The van der Waals surface area contributed by atoms with E-state index in [0.29, 0.717) is 5.82 Å². The summed E-state index contributed by atoms with van der Waals surface area (Å²) in [4.78, 5) is 19.2. The predicted molar refractivity (Wildman–Crippen MR) is 110 cm³/mol. The first kappa shape index (κ1) is 17.9. The zero-order valence-electron chi connectivity index (χ0n) is 15.6. The van der Waals surface area contributed by atoms with Crippen LogP contribution in [0.1, 0.15) is 17.5 Å². The lowest BCUT2D eigenvalue weighted by molar-refractivity contribution is -0.118. The third kappa shape index (κ3) is 3.40. The van der Waals surface area contributed by atoms with Gasteiger partial charge in [-0.3, -0.25) is 4.79 Å². The molecule has 1 atom stereocenters. The molecule has 0 saturated heterocycles. The van der Waals surface area contributed by atoms with Gasteiger partial charge in [0.05, 0.1) is 11.0 Å². The minimum Gasteiger partial charge on any atom is -0.380 e. The zero-order valence-corrected chi connectivity index (χ0v) is 15.6. The molecule has 1 N–H and O–H groups in total. The summed E-state index contributed by atoms with van der Waals surface area (Å²) < 4.78 is 1.80. The highest BCUT2D eigenvalue weighted by molar-refractivity contribution is 5.93. The van der Waals surface area contributed by atoms with Crippen molar-refractivity contribution >= 4 is 22.6 Å². The number of aliphatic hydroxyl groups excluding tert-OH is 1. The van der Waals surface area contributed by atoms with Gasteiger partial charge in [0.2, 0.25) is 5.91 Å². The van der Waals surface area contributed by atoms with E-state index < -0.39 is 6.10 Å². The molecule has 28 heavy (non-hydrogen) atoms. The molecule has 1 amide bonds. The number of aliphatic hydroxyl groups is 1. The Balaban J connectivity index is 1.72. The number of nitrogens with zero attached hydrogens (tertiary/aromatic N) is 3. The van der Waals surface area contributed by atoms with E-state index in [1.54, 1.807) is 16.5 Å². The van der Waals surface area contributed by atoms with Gasteiger partial charge < -0.3 is 14.6 Å². The third-order valence-corrected chi connectivity index (χ3v) is 4.85. The second-order valence-corrected chi connectivity index (χ2v) is 6.65. The van der Waals surface area contributed by atoms with Crippen molar-refractivity contribution in [3.8, 4) is 0 Å². The van der Waals surface area contributed by atoms with Gasteiger partial charge in [0.15, 0.2) is 0 Å². The first-order chi connectivity index (χ1) is 13.6. The molecule has 0 radical (unpaired) electrons. The van der Waals surface area contributed by atoms with Crippen LogP contribution in [0, 0.1) is 0 Å². The summed E-state index contributed by atoms with van der Waals surface area (Å²) in [6.45, 7) is 0.0884. The van der Waals surface area contributed by atoms with E-state index in [4.69, 9.17) is 0 Å². The number of hydrogen-bond acceptors (Lipinski definition) is 3. The Bertz CT molecular complexity index is 1090. The fraction of sp³-hybridized carbons (Fsp3) is 0.130. The highest BCUT2D eigenvalue weighted by Gasteiger charge is 2.22. The molecule has 0 fully saturated rings. The largest absolute Gasteiger partial charge is 0.380 e. The Morgan fingerprint density at radius 3 is 2.29 bits per heavy atom. The quantitative estimate of drug-likeness (QED) is 0.581. The second kappa shape index (κ2) is 7.66. The summed E-state index contributed by atoms with van der Waals surface area (Å²) in [6, 6.07) is 26.5. The molecule has 5 heteroatoms. The number of benzene rings is 3. The minimum atomic E-state index is -0.913. The normalized spacial score (nSPS) is 12.1. The van der Waals surface area contributed by atoms with Gasteiger partial charge in [0.25, 0.3) is 0 Å². The number of carbonyl (C=O) groups excluding carboxylic acids is 1. The number of carbonyl (C=O) groups is 1. The molecule has 3 aromatic carbocycles. The van der Waals surface area contributed by atoms with E-state index in [9.17, 15) is 9.90 Å². The molecule has 0 spiro atoms. The molecule has 0 saturated carbocycles. The van der Waals surface area contributed by atoms with Crippen molar-refractivity contribution < 1.29 is 9.90 Å². The van der Waals surface area contributed by atoms with Crippen LogP contribution in [0.5, 0.6) is 0 Å². The zero-order chi connectivity index (χ0) is 19.5.